The minimum atomic E-state index is 0.639. The maximum absolute atomic E-state index is 4.73. The molecule has 4 rings (SSSR count). The fourth-order valence-electron chi connectivity index (χ4n) is 2.64. The van der Waals surface area contributed by atoms with E-state index in [0.29, 0.717) is 12.6 Å². The number of hydrogen-bond acceptors (Lipinski definition) is 3. The molecule has 0 aromatic heterocycles. The number of nitrogens with zero attached hydrogens (tertiary/aromatic N) is 4. The van der Waals surface area contributed by atoms with Gasteiger partial charge in [0, 0.05) is 11.6 Å². The van der Waals surface area contributed by atoms with E-state index in [0.717, 1.165) is 17.1 Å². The van der Waals surface area contributed by atoms with Crippen LogP contribution in [0, 0.1) is 0 Å². The number of guanidine groups is 1. The minimum absolute atomic E-state index is 0.639. The Bertz CT molecular complexity index is 816. The number of rotatable bonds is 3. The van der Waals surface area contributed by atoms with E-state index in [4.69, 9.17) is 10.4 Å². The Balaban J connectivity index is 1.67. The second kappa shape index (κ2) is 6.46. The lowest BCUT2D eigenvalue weighted by atomic mass is 10.3. The van der Waals surface area contributed by atoms with E-state index >= 15 is 0 Å². The highest BCUT2D eigenvalue weighted by Crippen LogP contribution is 2.29. The summed E-state index contributed by atoms with van der Waals surface area (Å²) in [6, 6.07) is 30.3. The zero-order valence-corrected chi connectivity index (χ0v) is 13.2. The van der Waals surface area contributed by atoms with Gasteiger partial charge in [0.25, 0.3) is 0 Å². The summed E-state index contributed by atoms with van der Waals surface area (Å²) >= 11 is 0. The molecule has 0 unspecified atom stereocenters. The first-order valence-corrected chi connectivity index (χ1v) is 7.91. The Morgan fingerprint density at radius 1 is 0.667 bits per heavy atom. The predicted molar refractivity (Wildman–Crippen MR) is 99.6 cm³/mol. The molecule has 0 N–H and O–H groups in total. The number of hydrogen-bond donors (Lipinski definition) is 0. The highest BCUT2D eigenvalue weighted by Gasteiger charge is 2.16. The lowest BCUT2D eigenvalue weighted by molar-refractivity contribution is 0.912. The summed E-state index contributed by atoms with van der Waals surface area (Å²) in [5.74, 6) is 0.691. The molecular weight excluding hydrogens is 296 g/mol. The van der Waals surface area contributed by atoms with E-state index in [2.05, 4.69) is 29.2 Å². The van der Waals surface area contributed by atoms with E-state index in [9.17, 15) is 0 Å². The van der Waals surface area contributed by atoms with Gasteiger partial charge in [0.05, 0.1) is 6.67 Å². The van der Waals surface area contributed by atoms with Crippen LogP contribution in [-0.4, -0.2) is 12.6 Å². The molecule has 1 heterocycles. The zero-order chi connectivity index (χ0) is 16.2. The maximum atomic E-state index is 4.73. The average Bonchev–Trinajstić information content (AvgIpc) is 3.08. The summed E-state index contributed by atoms with van der Waals surface area (Å²) in [7, 11) is 0. The highest BCUT2D eigenvalue weighted by molar-refractivity contribution is 6.11. The largest absolute Gasteiger partial charge is 0.377 e. The summed E-state index contributed by atoms with van der Waals surface area (Å²) in [4.78, 5) is 2.11. The monoisotopic (exact) mass is 313 g/mol. The summed E-state index contributed by atoms with van der Waals surface area (Å²) in [6.45, 7) is 0.639. The van der Waals surface area contributed by atoms with Crippen molar-refractivity contribution in [1.82, 2.24) is 0 Å². The second-order valence-corrected chi connectivity index (χ2v) is 5.49. The molecule has 118 valence electrons. The van der Waals surface area contributed by atoms with Gasteiger partial charge in [-0.15, -0.1) is 0 Å². The third-order valence-electron chi connectivity index (χ3n) is 3.83. The van der Waals surface area contributed by atoms with Crippen molar-refractivity contribution in [3.8, 4) is 0 Å². The molecule has 0 amide bonds. The molecule has 0 saturated heterocycles. The van der Waals surface area contributed by atoms with E-state index in [1.54, 1.807) is 0 Å². The summed E-state index contributed by atoms with van der Waals surface area (Å²) in [5, 5.41) is 11.4. The molecule has 0 bridgehead atoms. The molecule has 4 nitrogen and oxygen atoms in total. The average molecular weight is 313 g/mol. The zero-order valence-electron chi connectivity index (χ0n) is 13.2. The van der Waals surface area contributed by atoms with Gasteiger partial charge in [-0.05, 0) is 23.5 Å². The molecule has 0 atom stereocenters. The second-order valence-electron chi connectivity index (χ2n) is 5.49. The molecule has 0 aliphatic carbocycles. The van der Waals surface area contributed by atoms with Crippen LogP contribution in [0.2, 0.25) is 0 Å². The Kier molecular flexibility index (Phi) is 3.86. The van der Waals surface area contributed by atoms with Crippen molar-refractivity contribution in [3.05, 3.63) is 96.3 Å². The number of benzene rings is 3. The third kappa shape index (κ3) is 2.94. The Labute approximate surface area is 141 Å². The predicted octanol–water partition coefficient (Wildman–Crippen LogP) is 4.95. The lowest BCUT2D eigenvalue weighted by Crippen LogP contribution is -2.30. The van der Waals surface area contributed by atoms with Crippen LogP contribution in [0.15, 0.2) is 96.1 Å². The number of hydrazone groups is 1. The third-order valence-corrected chi connectivity index (χ3v) is 3.83. The van der Waals surface area contributed by atoms with E-state index in [1.165, 1.54) is 0 Å². The van der Waals surface area contributed by atoms with Gasteiger partial charge in [0.15, 0.2) is 0 Å². The van der Waals surface area contributed by atoms with Gasteiger partial charge in [-0.2, -0.15) is 0 Å². The van der Waals surface area contributed by atoms with E-state index in [-0.39, 0.29) is 0 Å². The molecule has 0 spiro atoms. The van der Waals surface area contributed by atoms with Crippen LogP contribution in [0.25, 0.3) is 5.32 Å². The highest BCUT2D eigenvalue weighted by atomic mass is 15.6. The standard InChI is InChI=1S/C20H17N4/c1-4-10-17(11-5-1)21-20-22-24(19-14-8-3-9-15-19)16-23(20)18-12-6-2-7-13-18/h1-15H,16H2/q-1. The molecule has 4 heteroatoms. The molecule has 3 aromatic carbocycles. The van der Waals surface area contributed by atoms with Crippen molar-refractivity contribution in [2.45, 2.75) is 0 Å². The van der Waals surface area contributed by atoms with Crippen molar-refractivity contribution in [2.24, 2.45) is 5.10 Å². The Morgan fingerprint density at radius 3 is 1.83 bits per heavy atom. The smallest absolute Gasteiger partial charge is 0.0607 e. The van der Waals surface area contributed by atoms with Gasteiger partial charge in [-0.25, -0.2) is 0 Å². The van der Waals surface area contributed by atoms with Crippen LogP contribution in [0.3, 0.4) is 0 Å². The first kappa shape index (κ1) is 14.3. The molecule has 24 heavy (non-hydrogen) atoms. The van der Waals surface area contributed by atoms with Gasteiger partial charge in [0.1, 0.15) is 0 Å². The van der Waals surface area contributed by atoms with E-state index in [1.807, 2.05) is 71.7 Å². The van der Waals surface area contributed by atoms with Gasteiger partial charge < -0.3 is 15.2 Å². The molecule has 1 aliphatic rings. The minimum Gasteiger partial charge on any atom is -0.377 e. The topological polar surface area (TPSA) is 32.9 Å². The summed E-state index contributed by atoms with van der Waals surface area (Å²) in [6.07, 6.45) is 0. The SMILES string of the molecule is c1ccc([N-]C2=NN(c3ccccc3)CN2c2ccccc2)cc1. The molecule has 0 saturated carbocycles. The number of anilines is 2. The number of para-hydroxylation sites is 3. The van der Waals surface area contributed by atoms with Gasteiger partial charge in [-0.3, -0.25) is 5.10 Å². The first-order valence-electron chi connectivity index (χ1n) is 7.91. The Morgan fingerprint density at radius 2 is 1.21 bits per heavy atom. The van der Waals surface area contributed by atoms with Crippen LogP contribution in [0.5, 0.6) is 0 Å². The summed E-state index contributed by atoms with van der Waals surface area (Å²) in [5.41, 5.74) is 3.03. The molecule has 1 aliphatic heterocycles. The van der Waals surface area contributed by atoms with Crippen molar-refractivity contribution in [3.63, 3.8) is 0 Å². The van der Waals surface area contributed by atoms with Crippen molar-refractivity contribution in [1.29, 1.82) is 0 Å². The maximum Gasteiger partial charge on any atom is 0.0607 e. The van der Waals surface area contributed by atoms with E-state index < -0.39 is 0 Å². The first-order chi connectivity index (χ1) is 11.9. The van der Waals surface area contributed by atoms with Crippen LogP contribution < -0.4 is 9.91 Å². The normalized spacial score (nSPS) is 13.8. The van der Waals surface area contributed by atoms with Crippen molar-refractivity contribution in [2.75, 3.05) is 16.6 Å². The van der Waals surface area contributed by atoms with Crippen molar-refractivity contribution >= 4 is 23.0 Å². The van der Waals surface area contributed by atoms with Crippen LogP contribution in [-0.2, 0) is 0 Å². The molecule has 3 aromatic rings. The fraction of sp³-hybridized carbons (Fsp3) is 0.0500. The Hall–Kier alpha value is -3.27. The molecular formula is C20H17N4-. The van der Waals surface area contributed by atoms with Crippen LogP contribution in [0.4, 0.5) is 17.1 Å². The molecule has 0 fully saturated rings. The summed E-state index contributed by atoms with van der Waals surface area (Å²) < 4.78 is 0. The van der Waals surface area contributed by atoms with Gasteiger partial charge in [-0.1, -0.05) is 78.9 Å². The van der Waals surface area contributed by atoms with Gasteiger partial charge >= 0.3 is 0 Å². The van der Waals surface area contributed by atoms with Crippen molar-refractivity contribution < 1.29 is 0 Å². The van der Waals surface area contributed by atoms with Crippen LogP contribution >= 0.6 is 0 Å². The van der Waals surface area contributed by atoms with Gasteiger partial charge in [0.2, 0.25) is 0 Å². The quantitative estimate of drug-likeness (QED) is 0.685. The lowest BCUT2D eigenvalue weighted by Gasteiger charge is -2.29. The van der Waals surface area contributed by atoms with Crippen LogP contribution in [0.1, 0.15) is 0 Å². The molecule has 0 radical (unpaired) electrons. The fourth-order valence-corrected chi connectivity index (χ4v) is 2.64.